The Labute approximate surface area is 105 Å². The molecule has 0 aliphatic rings. The number of aliphatic hydroxyl groups is 1. The van der Waals surface area contributed by atoms with Crippen LogP contribution in [-0.2, 0) is 6.54 Å². The van der Waals surface area contributed by atoms with Crippen LogP contribution in [0.4, 0.5) is 4.79 Å². The van der Waals surface area contributed by atoms with Crippen LogP contribution in [0.2, 0.25) is 0 Å². The number of hydrogen-bond donors (Lipinski definition) is 2. The molecule has 1 aromatic rings. The predicted molar refractivity (Wildman–Crippen MR) is 68.8 cm³/mol. The Morgan fingerprint density at radius 2 is 2.41 bits per heavy atom. The second-order valence-electron chi connectivity index (χ2n) is 3.47. The number of carbonyl (C=O) groups excluding carboxylic acids is 1. The predicted octanol–water partition coefficient (Wildman–Crippen LogP) is 1.25. The molecule has 2 N–H and O–H groups in total. The van der Waals surface area contributed by atoms with Crippen molar-refractivity contribution in [3.05, 3.63) is 21.9 Å². The second kappa shape index (κ2) is 6.94. The molecular formula is C12H16N2O2S. The van der Waals surface area contributed by atoms with Crippen LogP contribution in [0.25, 0.3) is 0 Å². The largest absolute Gasteiger partial charge is 0.384 e. The maximum absolute atomic E-state index is 11.5. The number of amides is 2. The van der Waals surface area contributed by atoms with Gasteiger partial charge in [-0.15, -0.1) is 11.3 Å². The van der Waals surface area contributed by atoms with Gasteiger partial charge in [0.15, 0.2) is 0 Å². The van der Waals surface area contributed by atoms with E-state index in [9.17, 15) is 4.79 Å². The Kier molecular flexibility index (Phi) is 5.53. The number of nitrogens with zero attached hydrogens (tertiary/aromatic N) is 1. The van der Waals surface area contributed by atoms with Crippen molar-refractivity contribution in [1.82, 2.24) is 10.2 Å². The van der Waals surface area contributed by atoms with Gasteiger partial charge in [-0.2, -0.15) is 0 Å². The molecule has 0 aliphatic carbocycles. The molecule has 4 nitrogen and oxygen atoms in total. The maximum Gasteiger partial charge on any atom is 0.317 e. The van der Waals surface area contributed by atoms with Crippen LogP contribution < -0.4 is 5.32 Å². The van der Waals surface area contributed by atoms with Crippen molar-refractivity contribution in [2.45, 2.75) is 13.5 Å². The molecule has 1 heterocycles. The lowest BCUT2D eigenvalue weighted by Crippen LogP contribution is -2.36. The molecule has 0 fully saturated rings. The van der Waals surface area contributed by atoms with Crippen molar-refractivity contribution >= 4 is 17.4 Å². The molecule has 0 saturated heterocycles. The number of urea groups is 1. The van der Waals surface area contributed by atoms with Crippen molar-refractivity contribution in [2.75, 3.05) is 20.2 Å². The minimum atomic E-state index is -0.133. The first-order valence-corrected chi connectivity index (χ1v) is 6.21. The fourth-order valence-corrected chi connectivity index (χ4v) is 2.05. The zero-order valence-corrected chi connectivity index (χ0v) is 10.8. The summed E-state index contributed by atoms with van der Waals surface area (Å²) in [5.41, 5.74) is 1.05. The maximum atomic E-state index is 11.5. The molecule has 1 rings (SSSR count). The van der Waals surface area contributed by atoms with Crippen molar-refractivity contribution in [2.24, 2.45) is 0 Å². The van der Waals surface area contributed by atoms with E-state index >= 15 is 0 Å². The van der Waals surface area contributed by atoms with Crippen molar-refractivity contribution in [3.8, 4) is 11.8 Å². The SMILES string of the molecule is CCNC(=O)N(C)Cc1csc(C#CCO)c1. The van der Waals surface area contributed by atoms with Gasteiger partial charge in [0, 0.05) is 20.1 Å². The third-order valence-corrected chi connectivity index (χ3v) is 2.93. The molecular weight excluding hydrogens is 236 g/mol. The number of aliphatic hydroxyl groups excluding tert-OH is 1. The highest BCUT2D eigenvalue weighted by Crippen LogP contribution is 2.14. The standard InChI is InChI=1S/C12H16N2O2S/c1-3-13-12(16)14(2)8-10-7-11(17-9-10)5-4-6-15/h7,9,15H,3,6,8H2,1-2H3,(H,13,16). The van der Waals surface area contributed by atoms with Crippen molar-refractivity contribution in [1.29, 1.82) is 0 Å². The Hall–Kier alpha value is -1.51. The number of nitrogens with one attached hydrogen (secondary N) is 1. The van der Waals surface area contributed by atoms with Gasteiger partial charge in [0.25, 0.3) is 0 Å². The van der Waals surface area contributed by atoms with Gasteiger partial charge < -0.3 is 15.3 Å². The summed E-state index contributed by atoms with van der Waals surface area (Å²) in [6.07, 6.45) is 0. The molecule has 0 unspecified atom stereocenters. The highest BCUT2D eigenvalue weighted by Gasteiger charge is 2.08. The van der Waals surface area contributed by atoms with Crippen LogP contribution in [0.1, 0.15) is 17.4 Å². The van der Waals surface area contributed by atoms with Gasteiger partial charge in [-0.1, -0.05) is 11.8 Å². The average molecular weight is 252 g/mol. The minimum Gasteiger partial charge on any atom is -0.384 e. The molecule has 0 aliphatic heterocycles. The molecule has 0 aromatic carbocycles. The Morgan fingerprint density at radius 3 is 3.06 bits per heavy atom. The van der Waals surface area contributed by atoms with Crippen LogP contribution in [0.15, 0.2) is 11.4 Å². The van der Waals surface area contributed by atoms with Gasteiger partial charge in [0.1, 0.15) is 6.61 Å². The first kappa shape index (κ1) is 13.6. The van der Waals surface area contributed by atoms with E-state index in [2.05, 4.69) is 17.2 Å². The molecule has 92 valence electrons. The number of carbonyl (C=O) groups is 1. The highest BCUT2D eigenvalue weighted by molar-refractivity contribution is 7.10. The van der Waals surface area contributed by atoms with E-state index in [1.807, 2.05) is 18.4 Å². The number of rotatable bonds is 3. The van der Waals surface area contributed by atoms with Gasteiger partial charge in [-0.05, 0) is 23.9 Å². The summed E-state index contributed by atoms with van der Waals surface area (Å²) in [5.74, 6) is 5.44. The van der Waals surface area contributed by atoms with Gasteiger partial charge in [-0.3, -0.25) is 0 Å². The van der Waals surface area contributed by atoms with E-state index in [0.29, 0.717) is 13.1 Å². The lowest BCUT2D eigenvalue weighted by Gasteiger charge is -2.16. The first-order valence-electron chi connectivity index (χ1n) is 5.33. The van der Waals surface area contributed by atoms with Crippen LogP contribution in [0.3, 0.4) is 0 Å². The summed E-state index contributed by atoms with van der Waals surface area (Å²) in [5, 5.41) is 13.3. The summed E-state index contributed by atoms with van der Waals surface area (Å²) >= 11 is 1.51. The third-order valence-electron chi connectivity index (χ3n) is 2.04. The molecule has 0 saturated carbocycles. The van der Waals surface area contributed by atoms with Crippen molar-refractivity contribution < 1.29 is 9.90 Å². The number of hydrogen-bond acceptors (Lipinski definition) is 3. The quantitative estimate of drug-likeness (QED) is 0.796. The highest BCUT2D eigenvalue weighted by atomic mass is 32.1. The molecule has 5 heteroatoms. The van der Waals surface area contributed by atoms with Gasteiger partial charge in [0.05, 0.1) is 4.88 Å². The smallest absolute Gasteiger partial charge is 0.317 e. The summed E-state index contributed by atoms with van der Waals surface area (Å²) in [6.45, 7) is 2.94. The van der Waals surface area contributed by atoms with Crippen LogP contribution in [0.5, 0.6) is 0 Å². The van der Waals surface area contributed by atoms with Gasteiger partial charge in [0.2, 0.25) is 0 Å². The van der Waals surface area contributed by atoms with Gasteiger partial charge >= 0.3 is 6.03 Å². The lowest BCUT2D eigenvalue weighted by atomic mass is 10.3. The van der Waals surface area contributed by atoms with E-state index < -0.39 is 0 Å². The van der Waals surface area contributed by atoms with E-state index in [4.69, 9.17) is 5.11 Å². The average Bonchev–Trinajstić information content (AvgIpc) is 2.74. The van der Waals surface area contributed by atoms with Crippen LogP contribution in [0, 0.1) is 11.8 Å². The Balaban J connectivity index is 2.57. The van der Waals surface area contributed by atoms with E-state index in [1.54, 1.807) is 11.9 Å². The Morgan fingerprint density at radius 1 is 1.65 bits per heavy atom. The summed E-state index contributed by atoms with van der Waals surface area (Å²) in [6, 6.07) is 1.85. The topological polar surface area (TPSA) is 52.6 Å². The normalized spacial score (nSPS) is 9.35. The van der Waals surface area contributed by atoms with Crippen molar-refractivity contribution in [3.63, 3.8) is 0 Å². The molecule has 0 spiro atoms. The summed E-state index contributed by atoms with van der Waals surface area (Å²) in [4.78, 5) is 14.0. The molecule has 1 aromatic heterocycles. The molecule has 2 amide bonds. The minimum absolute atomic E-state index is 0.0818. The fourth-order valence-electron chi connectivity index (χ4n) is 1.28. The molecule has 0 atom stereocenters. The third kappa shape index (κ3) is 4.47. The monoisotopic (exact) mass is 252 g/mol. The summed E-state index contributed by atoms with van der Waals surface area (Å²) in [7, 11) is 1.75. The van der Waals surface area contributed by atoms with E-state index in [0.717, 1.165) is 10.4 Å². The number of thiophene rings is 1. The van der Waals surface area contributed by atoms with Gasteiger partial charge in [-0.25, -0.2) is 4.79 Å². The van der Waals surface area contributed by atoms with Crippen LogP contribution in [-0.4, -0.2) is 36.2 Å². The lowest BCUT2D eigenvalue weighted by molar-refractivity contribution is 0.207. The summed E-state index contributed by atoms with van der Waals surface area (Å²) < 4.78 is 0. The van der Waals surface area contributed by atoms with Crippen LogP contribution >= 0.6 is 11.3 Å². The zero-order valence-electron chi connectivity index (χ0n) is 9.99. The molecule has 0 bridgehead atoms. The Bertz CT molecular complexity index is 431. The van der Waals surface area contributed by atoms with E-state index in [1.165, 1.54) is 11.3 Å². The second-order valence-corrected chi connectivity index (χ2v) is 4.38. The molecule has 0 radical (unpaired) electrons. The fraction of sp³-hybridized carbons (Fsp3) is 0.417. The zero-order chi connectivity index (χ0) is 12.7. The first-order chi connectivity index (χ1) is 8.17. The molecule has 17 heavy (non-hydrogen) atoms. The van der Waals surface area contributed by atoms with E-state index in [-0.39, 0.29) is 12.6 Å².